The van der Waals surface area contributed by atoms with Gasteiger partial charge < -0.3 is 14.4 Å². The highest BCUT2D eigenvalue weighted by atomic mass is 32.2. The lowest BCUT2D eigenvalue weighted by Crippen LogP contribution is -2.37. The molecule has 0 unspecified atom stereocenters. The zero-order chi connectivity index (χ0) is 20.1. The molecule has 0 aliphatic carbocycles. The van der Waals surface area contributed by atoms with E-state index in [1.165, 1.54) is 19.2 Å². The van der Waals surface area contributed by atoms with E-state index >= 15 is 0 Å². The average Bonchev–Trinajstić information content (AvgIpc) is 2.68. The Morgan fingerprint density at radius 2 is 1.93 bits per heavy atom. The summed E-state index contributed by atoms with van der Waals surface area (Å²) in [6.45, 7) is 3.04. The van der Waals surface area contributed by atoms with Gasteiger partial charge in [0.2, 0.25) is 0 Å². The summed E-state index contributed by atoms with van der Waals surface area (Å²) in [6, 6.07) is 11.5. The molecule has 7 nitrogen and oxygen atoms in total. The van der Waals surface area contributed by atoms with E-state index in [-0.39, 0.29) is 17.4 Å². The molecule has 3 rings (SSSR count). The number of sulfonamides is 1. The number of hydrogen-bond donors (Lipinski definition) is 1. The molecule has 0 fully saturated rings. The number of amides is 1. The third-order valence-electron chi connectivity index (χ3n) is 4.46. The van der Waals surface area contributed by atoms with Crippen molar-refractivity contribution in [2.24, 2.45) is 0 Å². The van der Waals surface area contributed by atoms with Crippen molar-refractivity contribution in [2.75, 3.05) is 36.5 Å². The molecule has 0 atom stereocenters. The number of methoxy groups -OCH3 is 1. The van der Waals surface area contributed by atoms with Crippen LogP contribution in [0.5, 0.6) is 5.75 Å². The maximum Gasteiger partial charge on any atom is 0.261 e. The average molecular weight is 404 g/mol. The molecule has 1 heterocycles. The Hall–Kier alpha value is -2.58. The Bertz CT molecular complexity index is 942. The van der Waals surface area contributed by atoms with E-state index in [0.717, 1.165) is 24.1 Å². The Morgan fingerprint density at radius 3 is 2.61 bits per heavy atom. The predicted molar refractivity (Wildman–Crippen MR) is 107 cm³/mol. The van der Waals surface area contributed by atoms with Crippen LogP contribution in [-0.4, -0.2) is 41.2 Å². The van der Waals surface area contributed by atoms with Gasteiger partial charge >= 0.3 is 0 Å². The standard InChI is InChI=1S/C20H24N2O5S/c1-3-27-17-7-9-18(10-8-17)28(24,25)21-16-6-11-19-15(13-16)5-4-12-22(19)20(23)14-26-2/h6-11,13,21H,3-5,12,14H2,1-2H3. The summed E-state index contributed by atoms with van der Waals surface area (Å²) in [4.78, 5) is 14.1. The molecule has 0 saturated carbocycles. The zero-order valence-electron chi connectivity index (χ0n) is 16.0. The van der Waals surface area contributed by atoms with Crippen molar-refractivity contribution < 1.29 is 22.7 Å². The van der Waals surface area contributed by atoms with Gasteiger partial charge in [-0.05, 0) is 67.8 Å². The molecule has 1 N–H and O–H groups in total. The van der Waals surface area contributed by atoms with Crippen molar-refractivity contribution in [1.82, 2.24) is 0 Å². The summed E-state index contributed by atoms with van der Waals surface area (Å²) in [5.74, 6) is 0.516. The topological polar surface area (TPSA) is 84.9 Å². The van der Waals surface area contributed by atoms with Crippen molar-refractivity contribution in [2.45, 2.75) is 24.7 Å². The second-order valence-electron chi connectivity index (χ2n) is 6.44. The minimum absolute atomic E-state index is 0.0194. The van der Waals surface area contributed by atoms with Crippen molar-refractivity contribution in [3.8, 4) is 5.75 Å². The van der Waals surface area contributed by atoms with Crippen molar-refractivity contribution in [3.05, 3.63) is 48.0 Å². The molecule has 0 spiro atoms. The van der Waals surface area contributed by atoms with Crippen LogP contribution in [0.1, 0.15) is 18.9 Å². The van der Waals surface area contributed by atoms with Crippen molar-refractivity contribution >= 4 is 27.3 Å². The number of fused-ring (bicyclic) bond motifs is 1. The van der Waals surface area contributed by atoms with Crippen LogP contribution in [0.4, 0.5) is 11.4 Å². The Balaban J connectivity index is 1.80. The number of nitrogens with one attached hydrogen (secondary N) is 1. The number of ether oxygens (including phenoxy) is 2. The molecule has 150 valence electrons. The monoisotopic (exact) mass is 404 g/mol. The van der Waals surface area contributed by atoms with Crippen LogP contribution in [0.3, 0.4) is 0 Å². The fraction of sp³-hybridized carbons (Fsp3) is 0.350. The molecule has 0 bridgehead atoms. The van der Waals surface area contributed by atoms with E-state index in [2.05, 4.69) is 4.72 Å². The van der Waals surface area contributed by atoms with Gasteiger partial charge in [-0.15, -0.1) is 0 Å². The van der Waals surface area contributed by atoms with Gasteiger partial charge in [-0.1, -0.05) is 0 Å². The van der Waals surface area contributed by atoms with Crippen LogP contribution in [0.25, 0.3) is 0 Å². The summed E-state index contributed by atoms with van der Waals surface area (Å²) < 4.78 is 38.2. The van der Waals surface area contributed by atoms with Crippen LogP contribution in [0.15, 0.2) is 47.4 Å². The molecule has 2 aromatic rings. The quantitative estimate of drug-likeness (QED) is 0.767. The molecular weight excluding hydrogens is 380 g/mol. The van der Waals surface area contributed by atoms with Crippen LogP contribution >= 0.6 is 0 Å². The van der Waals surface area contributed by atoms with Crippen LogP contribution in [0, 0.1) is 0 Å². The van der Waals surface area contributed by atoms with Gasteiger partial charge in [0.1, 0.15) is 12.4 Å². The maximum absolute atomic E-state index is 12.7. The summed E-state index contributed by atoms with van der Waals surface area (Å²) in [5, 5.41) is 0. The Labute approximate surface area is 165 Å². The Morgan fingerprint density at radius 1 is 1.18 bits per heavy atom. The number of nitrogens with zero attached hydrogens (tertiary/aromatic N) is 1. The molecular formula is C20H24N2O5S. The van der Waals surface area contributed by atoms with E-state index in [1.54, 1.807) is 35.2 Å². The lowest BCUT2D eigenvalue weighted by atomic mass is 10.0. The molecule has 28 heavy (non-hydrogen) atoms. The Kier molecular flexibility index (Phi) is 6.21. The number of carbonyl (C=O) groups excluding carboxylic acids is 1. The van der Waals surface area contributed by atoms with Gasteiger partial charge in [0.25, 0.3) is 15.9 Å². The molecule has 8 heteroatoms. The summed E-state index contributed by atoms with van der Waals surface area (Å²) in [7, 11) is -2.23. The molecule has 1 aliphatic heterocycles. The number of aryl methyl sites for hydroxylation is 1. The predicted octanol–water partition coefficient (Wildman–Crippen LogP) is 2.81. The largest absolute Gasteiger partial charge is 0.494 e. The maximum atomic E-state index is 12.7. The van der Waals surface area contributed by atoms with Gasteiger partial charge in [0.05, 0.1) is 11.5 Å². The zero-order valence-corrected chi connectivity index (χ0v) is 16.8. The SMILES string of the molecule is CCOc1ccc(S(=O)(=O)Nc2ccc3c(c2)CCCN3C(=O)COC)cc1. The van der Waals surface area contributed by atoms with Gasteiger partial charge in [-0.3, -0.25) is 9.52 Å². The minimum atomic E-state index is -3.72. The van der Waals surface area contributed by atoms with Crippen molar-refractivity contribution in [3.63, 3.8) is 0 Å². The molecule has 1 aliphatic rings. The van der Waals surface area contributed by atoms with E-state index in [1.807, 2.05) is 6.92 Å². The van der Waals surface area contributed by atoms with E-state index in [4.69, 9.17) is 9.47 Å². The first-order valence-electron chi connectivity index (χ1n) is 9.12. The summed E-state index contributed by atoms with van der Waals surface area (Å²) in [6.07, 6.45) is 1.60. The fourth-order valence-corrected chi connectivity index (χ4v) is 4.27. The molecule has 0 aromatic heterocycles. The van der Waals surface area contributed by atoms with Crippen LogP contribution < -0.4 is 14.4 Å². The number of benzene rings is 2. The highest BCUT2D eigenvalue weighted by Crippen LogP contribution is 2.30. The summed E-state index contributed by atoms with van der Waals surface area (Å²) in [5.41, 5.74) is 2.20. The van der Waals surface area contributed by atoms with Crippen LogP contribution in [-0.2, 0) is 26.0 Å². The highest BCUT2D eigenvalue weighted by Gasteiger charge is 2.23. The smallest absolute Gasteiger partial charge is 0.261 e. The molecule has 2 aromatic carbocycles. The second-order valence-corrected chi connectivity index (χ2v) is 8.12. The number of rotatable bonds is 7. The van der Waals surface area contributed by atoms with E-state index in [9.17, 15) is 13.2 Å². The first kappa shape index (κ1) is 20.2. The van der Waals surface area contributed by atoms with Gasteiger partial charge in [0.15, 0.2) is 0 Å². The van der Waals surface area contributed by atoms with E-state index < -0.39 is 10.0 Å². The lowest BCUT2D eigenvalue weighted by molar-refractivity contribution is -0.122. The first-order chi connectivity index (χ1) is 13.4. The lowest BCUT2D eigenvalue weighted by Gasteiger charge is -2.29. The number of carbonyl (C=O) groups is 1. The molecule has 1 amide bonds. The normalized spacial score (nSPS) is 13.7. The summed E-state index contributed by atoms with van der Waals surface area (Å²) >= 11 is 0. The molecule has 0 radical (unpaired) electrons. The number of hydrogen-bond acceptors (Lipinski definition) is 5. The third-order valence-corrected chi connectivity index (χ3v) is 5.86. The second kappa shape index (κ2) is 8.62. The van der Waals surface area contributed by atoms with Gasteiger partial charge in [0, 0.05) is 25.0 Å². The van der Waals surface area contributed by atoms with Crippen molar-refractivity contribution in [1.29, 1.82) is 0 Å². The van der Waals surface area contributed by atoms with Gasteiger partial charge in [-0.2, -0.15) is 0 Å². The first-order valence-corrected chi connectivity index (χ1v) is 10.6. The van der Waals surface area contributed by atoms with Crippen LogP contribution in [0.2, 0.25) is 0 Å². The fourth-order valence-electron chi connectivity index (χ4n) is 3.22. The number of anilines is 2. The minimum Gasteiger partial charge on any atom is -0.494 e. The van der Waals surface area contributed by atoms with E-state index in [0.29, 0.717) is 24.6 Å². The highest BCUT2D eigenvalue weighted by molar-refractivity contribution is 7.92. The third kappa shape index (κ3) is 4.45. The van der Waals surface area contributed by atoms with Gasteiger partial charge in [-0.25, -0.2) is 8.42 Å². The molecule has 0 saturated heterocycles.